The molecule has 3 fully saturated rings. The fourth-order valence-corrected chi connectivity index (χ4v) is 3.38. The number of nitrogens with zero attached hydrogens (tertiary/aromatic N) is 2. The van der Waals surface area contributed by atoms with Crippen molar-refractivity contribution in [3.05, 3.63) is 12.0 Å². The van der Waals surface area contributed by atoms with Gasteiger partial charge in [0, 0.05) is 19.1 Å². The number of rotatable bonds is 4. The number of aromatic nitrogens is 1. The lowest BCUT2D eigenvalue weighted by atomic mass is 9.90. The molecule has 3 aliphatic rings. The molecule has 5 heteroatoms. The standard InChI is InChI=1S/C15H23N3O2/c1-2-4-14-13(3-1)18(7-8-19-14)15-17-12(10-20-15)9-16-11-5-6-11/h10-11,13-14,16H,1-9H2. The average Bonchev–Trinajstić information content (AvgIpc) is 3.21. The first-order valence-electron chi connectivity index (χ1n) is 7.96. The maximum atomic E-state index is 5.90. The first kappa shape index (κ1) is 12.7. The Bertz CT molecular complexity index is 456. The van der Waals surface area contributed by atoms with Crippen molar-refractivity contribution in [3.63, 3.8) is 0 Å². The van der Waals surface area contributed by atoms with Crippen LogP contribution < -0.4 is 10.2 Å². The molecular formula is C15H23N3O2. The molecule has 2 aliphatic carbocycles. The van der Waals surface area contributed by atoms with Crippen LogP contribution in [0.1, 0.15) is 44.2 Å². The lowest BCUT2D eigenvalue weighted by Gasteiger charge is -2.42. The fourth-order valence-electron chi connectivity index (χ4n) is 3.38. The lowest BCUT2D eigenvalue weighted by Crippen LogP contribution is -2.53. The molecule has 110 valence electrons. The number of oxazole rings is 1. The number of hydrogen-bond acceptors (Lipinski definition) is 5. The molecule has 2 saturated carbocycles. The zero-order chi connectivity index (χ0) is 13.4. The maximum Gasteiger partial charge on any atom is 0.297 e. The molecule has 4 rings (SSSR count). The normalized spacial score (nSPS) is 30.3. The van der Waals surface area contributed by atoms with Crippen LogP contribution in [0.15, 0.2) is 10.7 Å². The van der Waals surface area contributed by atoms with E-state index in [-0.39, 0.29) is 0 Å². The molecule has 1 aliphatic heterocycles. The topological polar surface area (TPSA) is 50.5 Å². The van der Waals surface area contributed by atoms with Gasteiger partial charge in [0.05, 0.1) is 24.4 Å². The highest BCUT2D eigenvalue weighted by Gasteiger charge is 2.36. The van der Waals surface area contributed by atoms with Crippen molar-refractivity contribution in [2.75, 3.05) is 18.1 Å². The third kappa shape index (κ3) is 2.56. The number of morpholine rings is 1. The van der Waals surface area contributed by atoms with E-state index < -0.39 is 0 Å². The molecule has 0 aromatic carbocycles. The molecule has 1 N–H and O–H groups in total. The van der Waals surface area contributed by atoms with Crippen LogP contribution in [0, 0.1) is 0 Å². The Morgan fingerprint density at radius 1 is 1.25 bits per heavy atom. The highest BCUT2D eigenvalue weighted by molar-refractivity contribution is 5.31. The summed E-state index contributed by atoms with van der Waals surface area (Å²) >= 11 is 0. The van der Waals surface area contributed by atoms with Gasteiger partial charge in [0.1, 0.15) is 6.26 Å². The lowest BCUT2D eigenvalue weighted by molar-refractivity contribution is -0.0106. The van der Waals surface area contributed by atoms with Crippen LogP contribution in [0.25, 0.3) is 0 Å². The minimum absolute atomic E-state index is 0.373. The number of nitrogens with one attached hydrogen (secondary N) is 1. The molecule has 1 saturated heterocycles. The summed E-state index contributed by atoms with van der Waals surface area (Å²) in [6.45, 7) is 2.52. The van der Waals surface area contributed by atoms with Crippen molar-refractivity contribution in [1.82, 2.24) is 10.3 Å². The van der Waals surface area contributed by atoms with Crippen molar-refractivity contribution >= 4 is 6.01 Å². The molecule has 2 atom stereocenters. The van der Waals surface area contributed by atoms with Crippen LogP contribution in [-0.2, 0) is 11.3 Å². The first-order chi connectivity index (χ1) is 9.90. The predicted octanol–water partition coefficient (Wildman–Crippen LogP) is 2.07. The summed E-state index contributed by atoms with van der Waals surface area (Å²) in [6.07, 6.45) is 9.74. The molecule has 1 aromatic heterocycles. The molecule has 5 nitrogen and oxygen atoms in total. The zero-order valence-electron chi connectivity index (χ0n) is 11.9. The summed E-state index contributed by atoms with van der Waals surface area (Å²) in [4.78, 5) is 6.99. The molecular weight excluding hydrogens is 254 g/mol. The van der Waals surface area contributed by atoms with Crippen molar-refractivity contribution in [2.45, 2.75) is 63.3 Å². The highest BCUT2D eigenvalue weighted by Crippen LogP contribution is 2.31. The van der Waals surface area contributed by atoms with Gasteiger partial charge in [-0.1, -0.05) is 12.8 Å². The minimum Gasteiger partial charge on any atom is -0.432 e. The Kier molecular flexibility index (Phi) is 3.40. The largest absolute Gasteiger partial charge is 0.432 e. The van der Waals surface area contributed by atoms with Crippen LogP contribution in [0.3, 0.4) is 0 Å². The van der Waals surface area contributed by atoms with Crippen LogP contribution in [0.2, 0.25) is 0 Å². The van der Waals surface area contributed by atoms with Crippen molar-refractivity contribution in [3.8, 4) is 0 Å². The fraction of sp³-hybridized carbons (Fsp3) is 0.800. The van der Waals surface area contributed by atoms with Crippen molar-refractivity contribution in [1.29, 1.82) is 0 Å². The van der Waals surface area contributed by atoms with E-state index in [1.807, 2.05) is 0 Å². The number of hydrogen-bond donors (Lipinski definition) is 1. The van der Waals surface area contributed by atoms with Gasteiger partial charge in [-0.15, -0.1) is 0 Å². The molecule has 0 spiro atoms. The van der Waals surface area contributed by atoms with Crippen LogP contribution in [0.5, 0.6) is 0 Å². The number of anilines is 1. The Morgan fingerprint density at radius 2 is 2.15 bits per heavy atom. The Labute approximate surface area is 119 Å². The van der Waals surface area contributed by atoms with Gasteiger partial charge in [-0.3, -0.25) is 0 Å². The summed E-state index contributed by atoms with van der Waals surface area (Å²) < 4.78 is 11.6. The van der Waals surface area contributed by atoms with Gasteiger partial charge in [-0.2, -0.15) is 4.98 Å². The summed E-state index contributed by atoms with van der Waals surface area (Å²) in [6, 6.07) is 1.96. The van der Waals surface area contributed by atoms with Crippen LogP contribution in [0.4, 0.5) is 6.01 Å². The van der Waals surface area contributed by atoms with E-state index in [2.05, 4.69) is 15.2 Å². The first-order valence-corrected chi connectivity index (χ1v) is 7.96. The molecule has 0 amide bonds. The average molecular weight is 277 g/mol. The Hall–Kier alpha value is -1.07. The van der Waals surface area contributed by atoms with Gasteiger partial charge in [0.25, 0.3) is 6.01 Å². The van der Waals surface area contributed by atoms with Gasteiger partial charge < -0.3 is 19.4 Å². The van der Waals surface area contributed by atoms with E-state index in [1.54, 1.807) is 6.26 Å². The smallest absolute Gasteiger partial charge is 0.297 e. The molecule has 20 heavy (non-hydrogen) atoms. The summed E-state index contributed by atoms with van der Waals surface area (Å²) in [5.41, 5.74) is 1.02. The zero-order valence-corrected chi connectivity index (χ0v) is 11.9. The quantitative estimate of drug-likeness (QED) is 0.913. The minimum atomic E-state index is 0.373. The van der Waals surface area contributed by atoms with Gasteiger partial charge in [0.2, 0.25) is 0 Å². The third-order valence-corrected chi connectivity index (χ3v) is 4.67. The van der Waals surface area contributed by atoms with Crippen LogP contribution in [-0.4, -0.2) is 36.3 Å². The highest BCUT2D eigenvalue weighted by atomic mass is 16.5. The third-order valence-electron chi connectivity index (χ3n) is 4.67. The van der Waals surface area contributed by atoms with Gasteiger partial charge >= 0.3 is 0 Å². The maximum absolute atomic E-state index is 5.90. The second kappa shape index (κ2) is 5.37. The van der Waals surface area contributed by atoms with Crippen molar-refractivity contribution in [2.24, 2.45) is 0 Å². The predicted molar refractivity (Wildman–Crippen MR) is 75.7 cm³/mol. The number of fused-ring (bicyclic) bond motifs is 1. The summed E-state index contributed by atoms with van der Waals surface area (Å²) in [7, 11) is 0. The van der Waals surface area contributed by atoms with E-state index in [4.69, 9.17) is 9.15 Å². The van der Waals surface area contributed by atoms with E-state index in [0.29, 0.717) is 18.2 Å². The van der Waals surface area contributed by atoms with E-state index in [1.165, 1.54) is 38.5 Å². The SMILES string of the molecule is c1oc(N2CCOC3CCCCC32)nc1CNC1CC1. The van der Waals surface area contributed by atoms with Crippen LogP contribution >= 0.6 is 0 Å². The Morgan fingerprint density at radius 3 is 3.05 bits per heavy atom. The van der Waals surface area contributed by atoms with E-state index in [0.717, 1.165) is 31.4 Å². The van der Waals surface area contributed by atoms with E-state index >= 15 is 0 Å². The van der Waals surface area contributed by atoms with Gasteiger partial charge in [-0.05, 0) is 25.7 Å². The monoisotopic (exact) mass is 277 g/mol. The van der Waals surface area contributed by atoms with Gasteiger partial charge in [0.15, 0.2) is 0 Å². The van der Waals surface area contributed by atoms with E-state index in [9.17, 15) is 0 Å². The second-order valence-electron chi connectivity index (χ2n) is 6.23. The molecule has 2 unspecified atom stereocenters. The van der Waals surface area contributed by atoms with Gasteiger partial charge in [-0.25, -0.2) is 0 Å². The Balaban J connectivity index is 1.44. The number of ether oxygens (including phenoxy) is 1. The van der Waals surface area contributed by atoms with Crippen molar-refractivity contribution < 1.29 is 9.15 Å². The second-order valence-corrected chi connectivity index (χ2v) is 6.23. The molecule has 2 heterocycles. The molecule has 0 radical (unpaired) electrons. The molecule has 0 bridgehead atoms. The summed E-state index contributed by atoms with van der Waals surface area (Å²) in [5.74, 6) is 0. The molecule has 1 aromatic rings. The summed E-state index contributed by atoms with van der Waals surface area (Å²) in [5, 5.41) is 3.48.